The maximum atomic E-state index is 12.8. The number of nitrogens with one attached hydrogen (secondary N) is 1. The zero-order valence-electron chi connectivity index (χ0n) is 18.0. The van der Waals surface area contributed by atoms with Crippen molar-refractivity contribution in [1.82, 2.24) is 14.8 Å². The fourth-order valence-corrected chi connectivity index (χ4v) is 5.09. The van der Waals surface area contributed by atoms with E-state index >= 15 is 0 Å². The number of thiophene rings is 1. The van der Waals surface area contributed by atoms with E-state index in [2.05, 4.69) is 16.3 Å². The van der Waals surface area contributed by atoms with Gasteiger partial charge in [-0.3, -0.25) is 9.69 Å². The Kier molecular flexibility index (Phi) is 9.21. The highest BCUT2D eigenvalue weighted by Crippen LogP contribution is 2.37. The molecule has 0 aliphatic carbocycles. The first kappa shape index (κ1) is 25.5. The second-order valence-electron chi connectivity index (χ2n) is 7.36. The third kappa shape index (κ3) is 5.35. The Morgan fingerprint density at radius 1 is 1.06 bits per heavy atom. The largest absolute Gasteiger partial charge is 0.493 e. The summed E-state index contributed by atoms with van der Waals surface area (Å²) < 4.78 is 13.5. The minimum atomic E-state index is 0. The summed E-state index contributed by atoms with van der Waals surface area (Å²) in [4.78, 5) is 16.5. The maximum Gasteiger partial charge on any atom is 0.259 e. The van der Waals surface area contributed by atoms with E-state index in [0.717, 1.165) is 60.4 Å². The second kappa shape index (κ2) is 11.2. The van der Waals surface area contributed by atoms with E-state index in [1.165, 1.54) is 4.88 Å². The van der Waals surface area contributed by atoms with E-state index in [1.54, 1.807) is 30.1 Å². The average Bonchev–Trinajstić information content (AvgIpc) is 2.98. The second-order valence-corrected chi connectivity index (χ2v) is 8.50. The smallest absolute Gasteiger partial charge is 0.259 e. The Morgan fingerprint density at radius 2 is 1.84 bits per heavy atom. The molecule has 1 aliphatic rings. The molecule has 1 fully saturated rings. The Balaban J connectivity index is 0.00000171. The van der Waals surface area contributed by atoms with Crippen molar-refractivity contribution in [2.75, 3.05) is 40.4 Å². The lowest BCUT2D eigenvalue weighted by Gasteiger charge is -2.17. The molecule has 1 aromatic carbocycles. The molecule has 0 atom stereocenters. The average molecular weight is 486 g/mol. The molecule has 170 valence electrons. The van der Waals surface area contributed by atoms with Crippen LogP contribution in [0, 0.1) is 0 Å². The van der Waals surface area contributed by atoms with Crippen LogP contribution in [0.15, 0.2) is 35.3 Å². The Hall–Kier alpha value is -1.77. The molecule has 9 heteroatoms. The van der Waals surface area contributed by atoms with Gasteiger partial charge in [0.25, 0.3) is 5.56 Å². The number of fused-ring (bicyclic) bond motifs is 1. The minimum absolute atomic E-state index is 0. The lowest BCUT2D eigenvalue weighted by atomic mass is 10.1. The maximum absolute atomic E-state index is 12.8. The summed E-state index contributed by atoms with van der Waals surface area (Å²) in [5.41, 5.74) is 2.09. The van der Waals surface area contributed by atoms with Crippen LogP contribution in [0.4, 0.5) is 0 Å². The van der Waals surface area contributed by atoms with Crippen LogP contribution in [0.1, 0.15) is 11.3 Å². The van der Waals surface area contributed by atoms with Crippen molar-refractivity contribution in [2.24, 2.45) is 7.05 Å². The van der Waals surface area contributed by atoms with Crippen LogP contribution in [0.5, 0.6) is 11.5 Å². The summed E-state index contributed by atoms with van der Waals surface area (Å²) in [6.45, 7) is 5.10. The van der Waals surface area contributed by atoms with Gasteiger partial charge in [-0.1, -0.05) is 6.07 Å². The van der Waals surface area contributed by atoms with E-state index < -0.39 is 0 Å². The van der Waals surface area contributed by atoms with Crippen molar-refractivity contribution < 1.29 is 9.47 Å². The number of pyridine rings is 1. The zero-order chi connectivity index (χ0) is 20.4. The molecule has 0 saturated carbocycles. The number of halogens is 2. The molecule has 1 N–H and O–H groups in total. The highest BCUT2D eigenvalue weighted by molar-refractivity contribution is 7.19. The van der Waals surface area contributed by atoms with Gasteiger partial charge in [0.15, 0.2) is 11.5 Å². The van der Waals surface area contributed by atoms with Gasteiger partial charge in [-0.15, -0.1) is 36.2 Å². The number of hydrogen-bond donors (Lipinski definition) is 1. The predicted octanol–water partition coefficient (Wildman–Crippen LogP) is 3.92. The van der Waals surface area contributed by atoms with E-state index in [9.17, 15) is 4.79 Å². The van der Waals surface area contributed by atoms with Crippen LogP contribution < -0.4 is 20.3 Å². The molecular formula is C22H29Cl2N3O3S. The standard InChI is InChI=1S/C22H27N3O3S.2ClH/c1-24-14-18(15-5-6-19(27-2)20(11-15)28-3)21-17(22(24)26)12-16(29-21)13-25-9-4-7-23-8-10-25;;/h5-6,11-12,14,23H,4,7-10,13H2,1-3H3;2*1H. The number of methoxy groups -OCH3 is 2. The van der Waals surface area contributed by atoms with Crippen LogP contribution >= 0.6 is 36.2 Å². The monoisotopic (exact) mass is 485 g/mol. The van der Waals surface area contributed by atoms with Gasteiger partial charge in [0, 0.05) is 48.0 Å². The van der Waals surface area contributed by atoms with E-state index in [0.29, 0.717) is 11.5 Å². The fraction of sp³-hybridized carbons (Fsp3) is 0.409. The van der Waals surface area contributed by atoms with Crippen LogP contribution in [-0.4, -0.2) is 49.9 Å². The highest BCUT2D eigenvalue weighted by Gasteiger charge is 2.17. The molecule has 4 rings (SSSR count). The van der Waals surface area contributed by atoms with Gasteiger partial charge in [-0.25, -0.2) is 0 Å². The number of benzene rings is 1. The van der Waals surface area contributed by atoms with Gasteiger partial charge in [0.05, 0.1) is 19.6 Å². The van der Waals surface area contributed by atoms with Gasteiger partial charge in [-0.2, -0.15) is 0 Å². The molecule has 6 nitrogen and oxygen atoms in total. The summed E-state index contributed by atoms with van der Waals surface area (Å²) in [6, 6.07) is 7.97. The van der Waals surface area contributed by atoms with Crippen molar-refractivity contribution >= 4 is 46.2 Å². The lowest BCUT2D eigenvalue weighted by Crippen LogP contribution is -2.27. The normalized spacial score (nSPS) is 14.4. The number of rotatable bonds is 5. The van der Waals surface area contributed by atoms with Crippen molar-refractivity contribution in [3.05, 3.63) is 45.7 Å². The third-order valence-electron chi connectivity index (χ3n) is 5.41. The molecule has 31 heavy (non-hydrogen) atoms. The molecular weight excluding hydrogens is 457 g/mol. The summed E-state index contributed by atoms with van der Waals surface area (Å²) in [5.74, 6) is 1.37. The van der Waals surface area contributed by atoms with Crippen LogP contribution in [-0.2, 0) is 13.6 Å². The molecule has 0 radical (unpaired) electrons. The van der Waals surface area contributed by atoms with Gasteiger partial charge in [0.1, 0.15) is 0 Å². The lowest BCUT2D eigenvalue weighted by molar-refractivity contribution is 0.287. The van der Waals surface area contributed by atoms with Gasteiger partial charge in [-0.05, 0) is 43.3 Å². The molecule has 2 aromatic heterocycles. The molecule has 0 amide bonds. The Bertz CT molecular complexity index is 1080. The topological polar surface area (TPSA) is 55.7 Å². The summed E-state index contributed by atoms with van der Waals surface area (Å²) in [7, 11) is 5.08. The predicted molar refractivity (Wildman–Crippen MR) is 133 cm³/mol. The number of ether oxygens (including phenoxy) is 2. The first-order valence-electron chi connectivity index (χ1n) is 9.88. The van der Waals surface area contributed by atoms with Crippen molar-refractivity contribution in [2.45, 2.75) is 13.0 Å². The highest BCUT2D eigenvalue weighted by atomic mass is 35.5. The Labute approximate surface area is 199 Å². The molecule has 3 heterocycles. The zero-order valence-corrected chi connectivity index (χ0v) is 20.4. The Morgan fingerprint density at radius 3 is 2.58 bits per heavy atom. The quantitative estimate of drug-likeness (QED) is 0.593. The molecule has 0 bridgehead atoms. The first-order valence-corrected chi connectivity index (χ1v) is 10.7. The van der Waals surface area contributed by atoms with Gasteiger partial charge >= 0.3 is 0 Å². The summed E-state index contributed by atoms with van der Waals surface area (Å²) in [6.07, 6.45) is 3.08. The molecule has 1 aliphatic heterocycles. The number of aromatic nitrogens is 1. The van der Waals surface area contributed by atoms with Crippen molar-refractivity contribution in [3.8, 4) is 22.6 Å². The number of hydrogen-bond acceptors (Lipinski definition) is 6. The SMILES string of the molecule is COc1ccc(-c2cn(C)c(=O)c3cc(CN4CCCNCC4)sc23)cc1OC.Cl.Cl. The van der Waals surface area contributed by atoms with Crippen LogP contribution in [0.25, 0.3) is 21.2 Å². The number of nitrogens with zero attached hydrogens (tertiary/aromatic N) is 2. The van der Waals surface area contributed by atoms with Crippen molar-refractivity contribution in [3.63, 3.8) is 0 Å². The molecule has 3 aromatic rings. The number of aryl methyl sites for hydroxylation is 1. The minimum Gasteiger partial charge on any atom is -0.493 e. The van der Waals surface area contributed by atoms with Crippen molar-refractivity contribution in [1.29, 1.82) is 0 Å². The third-order valence-corrected chi connectivity index (χ3v) is 6.56. The van der Waals surface area contributed by atoms with E-state index in [1.807, 2.05) is 31.4 Å². The first-order chi connectivity index (χ1) is 14.1. The van der Waals surface area contributed by atoms with E-state index in [4.69, 9.17) is 9.47 Å². The fourth-order valence-electron chi connectivity index (χ4n) is 3.87. The summed E-state index contributed by atoms with van der Waals surface area (Å²) in [5, 5.41) is 4.23. The molecule has 0 spiro atoms. The molecule has 0 unspecified atom stereocenters. The summed E-state index contributed by atoms with van der Waals surface area (Å²) >= 11 is 1.72. The van der Waals surface area contributed by atoms with Gasteiger partial charge < -0.3 is 19.4 Å². The van der Waals surface area contributed by atoms with Crippen LogP contribution in [0.2, 0.25) is 0 Å². The van der Waals surface area contributed by atoms with Gasteiger partial charge in [0.2, 0.25) is 0 Å². The van der Waals surface area contributed by atoms with E-state index in [-0.39, 0.29) is 30.4 Å². The molecule has 1 saturated heterocycles. The van der Waals surface area contributed by atoms with Crippen LogP contribution in [0.3, 0.4) is 0 Å².